The second kappa shape index (κ2) is 6.19. The summed E-state index contributed by atoms with van der Waals surface area (Å²) in [7, 11) is 0. The van der Waals surface area contributed by atoms with Crippen molar-refractivity contribution in [2.45, 2.75) is 17.1 Å². The Balaban J connectivity index is 2.32. The van der Waals surface area contributed by atoms with Gasteiger partial charge in [0, 0.05) is 5.75 Å². The number of thioether (sulfide) groups is 1. The second-order valence-electron chi connectivity index (χ2n) is 4.10. The molecule has 0 aliphatic rings. The Kier molecular flexibility index (Phi) is 4.51. The van der Waals surface area contributed by atoms with Gasteiger partial charge in [-0.2, -0.15) is 18.4 Å². The largest absolute Gasteiger partial charge is 0.434 e. The highest BCUT2D eigenvalue weighted by Gasteiger charge is 2.37. The number of nitrogen functional groups attached to an aromatic ring is 1. The van der Waals surface area contributed by atoms with Crippen LogP contribution in [0.1, 0.15) is 16.8 Å². The van der Waals surface area contributed by atoms with Crippen molar-refractivity contribution in [3.8, 4) is 6.07 Å². The van der Waals surface area contributed by atoms with Gasteiger partial charge in [0.15, 0.2) is 10.9 Å². The third-order valence-corrected chi connectivity index (χ3v) is 3.51. The zero-order chi connectivity index (χ0) is 16.3. The van der Waals surface area contributed by atoms with Gasteiger partial charge in [0.2, 0.25) is 0 Å². The second-order valence-corrected chi connectivity index (χ2v) is 5.05. The van der Waals surface area contributed by atoms with Gasteiger partial charge in [-0.3, -0.25) is 0 Å². The maximum Gasteiger partial charge on any atom is 0.434 e. The van der Waals surface area contributed by atoms with Crippen LogP contribution in [-0.2, 0) is 11.9 Å². The summed E-state index contributed by atoms with van der Waals surface area (Å²) in [5.74, 6) is -0.997. The Morgan fingerprint density at radius 2 is 1.91 bits per heavy atom. The lowest BCUT2D eigenvalue weighted by atomic mass is 10.2. The average molecular weight is 328 g/mol. The molecule has 22 heavy (non-hydrogen) atoms. The van der Waals surface area contributed by atoms with E-state index in [9.17, 15) is 17.6 Å². The smallest absolute Gasteiger partial charge is 0.382 e. The van der Waals surface area contributed by atoms with E-state index in [1.807, 2.05) is 0 Å². The first-order valence-corrected chi connectivity index (χ1v) is 6.82. The summed E-state index contributed by atoms with van der Waals surface area (Å²) in [5, 5.41) is 8.46. The monoisotopic (exact) mass is 328 g/mol. The molecule has 0 aliphatic heterocycles. The Labute approximate surface area is 127 Å². The van der Waals surface area contributed by atoms with Gasteiger partial charge >= 0.3 is 6.18 Å². The SMILES string of the molecule is N#Cc1c(N)nc(SCc2ccccc2F)nc1C(F)(F)F. The average Bonchev–Trinajstić information content (AvgIpc) is 2.45. The van der Waals surface area contributed by atoms with Crippen molar-refractivity contribution in [1.29, 1.82) is 5.26 Å². The van der Waals surface area contributed by atoms with Crippen molar-refractivity contribution in [2.75, 3.05) is 5.73 Å². The van der Waals surface area contributed by atoms with E-state index in [1.54, 1.807) is 6.07 Å². The summed E-state index contributed by atoms with van der Waals surface area (Å²) in [5.41, 5.74) is 3.46. The molecule has 0 aliphatic carbocycles. The molecule has 9 heteroatoms. The van der Waals surface area contributed by atoms with Gasteiger partial charge in [0.1, 0.15) is 23.3 Å². The van der Waals surface area contributed by atoms with Crippen molar-refractivity contribution in [2.24, 2.45) is 0 Å². The maximum absolute atomic E-state index is 13.5. The van der Waals surface area contributed by atoms with Crippen LogP contribution in [0.25, 0.3) is 0 Å². The topological polar surface area (TPSA) is 75.6 Å². The van der Waals surface area contributed by atoms with E-state index in [2.05, 4.69) is 9.97 Å². The number of halogens is 4. The molecule has 1 aromatic carbocycles. The zero-order valence-electron chi connectivity index (χ0n) is 10.9. The van der Waals surface area contributed by atoms with E-state index < -0.39 is 29.1 Å². The Morgan fingerprint density at radius 1 is 1.23 bits per heavy atom. The zero-order valence-corrected chi connectivity index (χ0v) is 11.7. The molecule has 0 unspecified atom stereocenters. The van der Waals surface area contributed by atoms with Crippen molar-refractivity contribution in [3.63, 3.8) is 0 Å². The molecule has 0 spiro atoms. The van der Waals surface area contributed by atoms with E-state index in [-0.39, 0.29) is 10.9 Å². The summed E-state index contributed by atoms with van der Waals surface area (Å²) >= 11 is 0.800. The first-order valence-electron chi connectivity index (χ1n) is 5.84. The fourth-order valence-electron chi connectivity index (χ4n) is 1.59. The van der Waals surface area contributed by atoms with Crippen molar-refractivity contribution >= 4 is 17.6 Å². The van der Waals surface area contributed by atoms with Crippen LogP contribution < -0.4 is 5.73 Å². The lowest BCUT2D eigenvalue weighted by molar-refractivity contribution is -0.141. The number of nitriles is 1. The minimum absolute atomic E-state index is 0.0370. The van der Waals surface area contributed by atoms with Crippen LogP contribution in [0, 0.1) is 17.1 Å². The van der Waals surface area contributed by atoms with Crippen LogP contribution in [0.3, 0.4) is 0 Å². The van der Waals surface area contributed by atoms with Crippen LogP contribution in [0.15, 0.2) is 29.4 Å². The van der Waals surface area contributed by atoms with Gasteiger partial charge in [-0.1, -0.05) is 30.0 Å². The molecule has 0 fully saturated rings. The molecule has 0 amide bonds. The van der Waals surface area contributed by atoms with E-state index in [4.69, 9.17) is 11.0 Å². The van der Waals surface area contributed by atoms with Crippen LogP contribution in [-0.4, -0.2) is 9.97 Å². The molecule has 2 aromatic rings. The fourth-order valence-corrected chi connectivity index (χ4v) is 2.43. The lowest BCUT2D eigenvalue weighted by Gasteiger charge is -2.10. The quantitative estimate of drug-likeness (QED) is 0.531. The molecule has 4 nitrogen and oxygen atoms in total. The first-order chi connectivity index (χ1) is 10.3. The number of benzene rings is 1. The van der Waals surface area contributed by atoms with Crippen LogP contribution in [0.4, 0.5) is 23.4 Å². The minimum Gasteiger partial charge on any atom is -0.382 e. The molecule has 1 aromatic heterocycles. The Bertz CT molecular complexity index is 740. The van der Waals surface area contributed by atoms with Crippen LogP contribution >= 0.6 is 11.8 Å². The highest BCUT2D eigenvalue weighted by Crippen LogP contribution is 2.34. The lowest BCUT2D eigenvalue weighted by Crippen LogP contribution is -2.14. The molecule has 0 saturated heterocycles. The molecular weight excluding hydrogens is 320 g/mol. The fraction of sp³-hybridized carbons (Fsp3) is 0.154. The van der Waals surface area contributed by atoms with E-state index >= 15 is 0 Å². The molecule has 114 valence electrons. The van der Waals surface area contributed by atoms with Crippen LogP contribution in [0.2, 0.25) is 0 Å². The highest BCUT2D eigenvalue weighted by atomic mass is 32.2. The van der Waals surface area contributed by atoms with Crippen molar-refractivity contribution in [1.82, 2.24) is 9.97 Å². The van der Waals surface area contributed by atoms with Gasteiger partial charge in [0.25, 0.3) is 0 Å². The molecule has 2 rings (SSSR count). The molecular formula is C13H8F4N4S. The third-order valence-electron chi connectivity index (χ3n) is 2.61. The standard InChI is InChI=1S/C13H8F4N4S/c14-9-4-2-1-3-7(9)6-22-12-20-10(13(15,16)17)8(5-18)11(19)21-12/h1-4H,6H2,(H2,19,20,21). The number of alkyl halides is 3. The predicted molar refractivity (Wildman–Crippen MR) is 72.1 cm³/mol. The summed E-state index contributed by atoms with van der Waals surface area (Å²) in [6.45, 7) is 0. The third kappa shape index (κ3) is 3.46. The van der Waals surface area contributed by atoms with E-state index in [0.29, 0.717) is 5.56 Å². The van der Waals surface area contributed by atoms with Gasteiger partial charge in [-0.15, -0.1) is 0 Å². The van der Waals surface area contributed by atoms with Gasteiger partial charge in [-0.25, -0.2) is 14.4 Å². The molecule has 1 heterocycles. The number of nitrogens with two attached hydrogens (primary N) is 1. The summed E-state index contributed by atoms with van der Waals surface area (Å²) in [6, 6.07) is 7.19. The number of nitrogens with zero attached hydrogens (tertiary/aromatic N) is 3. The van der Waals surface area contributed by atoms with Gasteiger partial charge in [0.05, 0.1) is 0 Å². The normalized spacial score (nSPS) is 11.2. The number of rotatable bonds is 3. The van der Waals surface area contributed by atoms with Gasteiger partial charge < -0.3 is 5.73 Å². The number of anilines is 1. The summed E-state index contributed by atoms with van der Waals surface area (Å²) < 4.78 is 52.0. The molecule has 2 N–H and O–H groups in total. The van der Waals surface area contributed by atoms with Crippen LogP contribution in [0.5, 0.6) is 0 Å². The number of hydrogen-bond donors (Lipinski definition) is 1. The van der Waals surface area contributed by atoms with Crippen molar-refractivity contribution < 1.29 is 17.6 Å². The summed E-state index contributed by atoms with van der Waals surface area (Å²) in [6.07, 6.45) is -4.82. The van der Waals surface area contributed by atoms with E-state index in [1.165, 1.54) is 24.3 Å². The summed E-state index contributed by atoms with van der Waals surface area (Å²) in [4.78, 5) is 6.97. The van der Waals surface area contributed by atoms with Crippen molar-refractivity contribution in [3.05, 3.63) is 46.9 Å². The molecule has 0 bridgehead atoms. The maximum atomic E-state index is 13.5. The Hall–Kier alpha value is -2.34. The van der Waals surface area contributed by atoms with E-state index in [0.717, 1.165) is 11.8 Å². The van der Waals surface area contributed by atoms with Gasteiger partial charge in [-0.05, 0) is 11.6 Å². The molecule has 0 atom stereocenters. The first kappa shape index (κ1) is 16.0. The highest BCUT2D eigenvalue weighted by molar-refractivity contribution is 7.98. The Morgan fingerprint density at radius 3 is 2.50 bits per heavy atom. The molecule has 0 radical (unpaired) electrons. The predicted octanol–water partition coefficient (Wildman–Crippen LogP) is 3.38. The number of hydrogen-bond acceptors (Lipinski definition) is 5. The minimum atomic E-state index is -4.82. The molecule has 0 saturated carbocycles. The number of aromatic nitrogens is 2.